The Morgan fingerprint density at radius 2 is 2.19 bits per heavy atom. The largest absolute Gasteiger partial charge is 0.368 e. The third-order valence-corrected chi connectivity index (χ3v) is 2.72. The molecular weight excluding hydrogens is 212 g/mol. The molecule has 1 rings (SSSR count). The van der Waals surface area contributed by atoms with Crippen LogP contribution in [0, 0.1) is 0 Å². The molecule has 7 heteroatoms. The molecule has 5 N–H and O–H groups in total. The number of nitrogens with zero attached hydrogens (tertiary/aromatic N) is 1. The van der Waals surface area contributed by atoms with E-state index >= 15 is 0 Å². The highest BCUT2D eigenvalue weighted by Gasteiger charge is 2.26. The summed E-state index contributed by atoms with van der Waals surface area (Å²) in [5, 5.41) is 0. The van der Waals surface area contributed by atoms with E-state index in [0.717, 1.165) is 25.8 Å². The van der Waals surface area contributed by atoms with Gasteiger partial charge in [-0.2, -0.15) is 0 Å². The van der Waals surface area contributed by atoms with E-state index in [2.05, 4.69) is 4.84 Å². The second-order valence-corrected chi connectivity index (χ2v) is 3.79. The predicted octanol–water partition coefficient (Wildman–Crippen LogP) is -1.36. The van der Waals surface area contributed by atoms with Gasteiger partial charge in [-0.15, -0.1) is 0 Å². The van der Waals surface area contributed by atoms with E-state index in [1.165, 1.54) is 0 Å². The van der Waals surface area contributed by atoms with Crippen molar-refractivity contribution in [3.8, 4) is 0 Å². The first kappa shape index (κ1) is 12.9. The maximum Gasteiger partial charge on any atom is 0.327 e. The van der Waals surface area contributed by atoms with E-state index in [-0.39, 0.29) is 18.4 Å². The van der Waals surface area contributed by atoms with Gasteiger partial charge in [-0.05, 0) is 19.4 Å². The van der Waals surface area contributed by atoms with Crippen molar-refractivity contribution in [2.45, 2.75) is 31.7 Å². The summed E-state index contributed by atoms with van der Waals surface area (Å²) in [7, 11) is 0. The van der Waals surface area contributed by atoms with E-state index in [0.29, 0.717) is 6.54 Å². The maximum absolute atomic E-state index is 11.2. The smallest absolute Gasteiger partial charge is 0.327 e. The van der Waals surface area contributed by atoms with Gasteiger partial charge in [0.05, 0.1) is 12.5 Å². The highest BCUT2D eigenvalue weighted by atomic mass is 16.7. The van der Waals surface area contributed by atoms with E-state index in [1.54, 1.807) is 0 Å². The van der Waals surface area contributed by atoms with Crippen molar-refractivity contribution >= 4 is 11.9 Å². The highest BCUT2D eigenvalue weighted by Crippen LogP contribution is 2.16. The van der Waals surface area contributed by atoms with Gasteiger partial charge >= 0.3 is 5.97 Å². The van der Waals surface area contributed by atoms with Gasteiger partial charge < -0.3 is 10.6 Å². The lowest BCUT2D eigenvalue weighted by molar-refractivity contribution is -0.152. The second kappa shape index (κ2) is 6.41. The molecule has 1 saturated heterocycles. The lowest BCUT2D eigenvalue weighted by Gasteiger charge is -2.33. The molecule has 1 aliphatic heterocycles. The summed E-state index contributed by atoms with van der Waals surface area (Å²) in [4.78, 5) is 28.5. The molecule has 0 spiro atoms. The van der Waals surface area contributed by atoms with E-state index in [9.17, 15) is 9.59 Å². The van der Waals surface area contributed by atoms with Crippen molar-refractivity contribution in [1.82, 2.24) is 10.5 Å². The molecule has 0 saturated carbocycles. The summed E-state index contributed by atoms with van der Waals surface area (Å²) in [5.74, 6) is 4.06. The molecule has 1 atom stereocenters. The zero-order chi connectivity index (χ0) is 12.0. The molecule has 0 aromatic rings. The summed E-state index contributed by atoms with van der Waals surface area (Å²) in [6, 6.07) is -0.257. The van der Waals surface area contributed by atoms with Crippen LogP contribution in [0.2, 0.25) is 0 Å². The molecule has 0 aliphatic carbocycles. The van der Waals surface area contributed by atoms with Crippen LogP contribution in [0.15, 0.2) is 0 Å². The standard InChI is InChI=1S/C9H18N4O3/c10-9(15)7-3-1-2-5-13(7)6-4-8(14)16-12-11/h7,12H,1-6,11H2,(H2,10,15). The number of hydrazine groups is 1. The number of hydrogen-bond donors (Lipinski definition) is 3. The van der Waals surface area contributed by atoms with Crippen molar-refractivity contribution in [1.29, 1.82) is 0 Å². The fourth-order valence-electron chi connectivity index (χ4n) is 1.93. The van der Waals surface area contributed by atoms with E-state index in [1.807, 2.05) is 10.5 Å². The highest BCUT2D eigenvalue weighted by molar-refractivity contribution is 5.80. The summed E-state index contributed by atoms with van der Waals surface area (Å²) in [6.45, 7) is 1.26. The third kappa shape index (κ3) is 3.76. The number of carbonyl (C=O) groups is 2. The number of nitrogens with two attached hydrogens (primary N) is 2. The van der Waals surface area contributed by atoms with Crippen LogP contribution in [0.25, 0.3) is 0 Å². The average molecular weight is 230 g/mol. The van der Waals surface area contributed by atoms with Crippen LogP contribution < -0.4 is 17.2 Å². The zero-order valence-corrected chi connectivity index (χ0v) is 9.15. The Labute approximate surface area is 94.0 Å². The zero-order valence-electron chi connectivity index (χ0n) is 9.15. The first-order valence-electron chi connectivity index (χ1n) is 5.33. The summed E-state index contributed by atoms with van der Waals surface area (Å²) in [6.07, 6.45) is 2.97. The van der Waals surface area contributed by atoms with Crippen molar-refractivity contribution in [2.24, 2.45) is 11.6 Å². The van der Waals surface area contributed by atoms with Gasteiger partial charge in [-0.3, -0.25) is 14.5 Å². The molecular formula is C9H18N4O3. The number of likely N-dealkylation sites (tertiary alicyclic amines) is 1. The molecule has 0 radical (unpaired) electrons. The first-order chi connectivity index (χ1) is 7.65. The van der Waals surface area contributed by atoms with Crippen LogP contribution in [0.1, 0.15) is 25.7 Å². The van der Waals surface area contributed by atoms with Crippen LogP contribution in [0.4, 0.5) is 0 Å². The Hall–Kier alpha value is -1.18. The number of piperidine rings is 1. The van der Waals surface area contributed by atoms with Gasteiger partial charge in [0.25, 0.3) is 0 Å². The number of carbonyl (C=O) groups excluding carboxylic acids is 2. The molecule has 1 unspecified atom stereocenters. The quantitative estimate of drug-likeness (QED) is 0.397. The first-order valence-corrected chi connectivity index (χ1v) is 5.33. The van der Waals surface area contributed by atoms with Gasteiger partial charge in [0.2, 0.25) is 5.91 Å². The van der Waals surface area contributed by atoms with Crippen LogP contribution in [0.5, 0.6) is 0 Å². The van der Waals surface area contributed by atoms with E-state index in [4.69, 9.17) is 11.6 Å². The number of hydrogen-bond acceptors (Lipinski definition) is 6. The minimum atomic E-state index is -0.448. The predicted molar refractivity (Wildman–Crippen MR) is 56.4 cm³/mol. The molecule has 0 bridgehead atoms. The fourth-order valence-corrected chi connectivity index (χ4v) is 1.93. The minimum absolute atomic E-state index is 0.188. The lowest BCUT2D eigenvalue weighted by atomic mass is 10.0. The van der Waals surface area contributed by atoms with Crippen molar-refractivity contribution in [3.05, 3.63) is 0 Å². The van der Waals surface area contributed by atoms with E-state index < -0.39 is 5.97 Å². The van der Waals surface area contributed by atoms with Crippen molar-refractivity contribution in [2.75, 3.05) is 13.1 Å². The van der Waals surface area contributed by atoms with Gasteiger partial charge in [0.15, 0.2) is 0 Å². The Balaban J connectivity index is 2.38. The Morgan fingerprint density at radius 3 is 2.81 bits per heavy atom. The topological polar surface area (TPSA) is 111 Å². The number of primary amides is 1. The number of nitrogens with one attached hydrogen (secondary N) is 1. The van der Waals surface area contributed by atoms with Gasteiger partial charge in [-0.25, -0.2) is 5.84 Å². The Morgan fingerprint density at radius 1 is 1.44 bits per heavy atom. The molecule has 0 aromatic heterocycles. The van der Waals surface area contributed by atoms with Crippen LogP contribution in [0.3, 0.4) is 0 Å². The van der Waals surface area contributed by atoms with Crippen LogP contribution in [-0.4, -0.2) is 35.9 Å². The average Bonchev–Trinajstić information content (AvgIpc) is 2.27. The molecule has 16 heavy (non-hydrogen) atoms. The molecule has 1 heterocycles. The Bertz CT molecular complexity index is 259. The minimum Gasteiger partial charge on any atom is -0.368 e. The van der Waals surface area contributed by atoms with Gasteiger partial charge in [0.1, 0.15) is 0 Å². The van der Waals surface area contributed by atoms with Crippen molar-refractivity contribution in [3.63, 3.8) is 0 Å². The number of amides is 1. The number of rotatable bonds is 5. The normalized spacial score (nSPS) is 21.7. The summed E-state index contributed by atoms with van der Waals surface area (Å²) >= 11 is 0. The van der Waals surface area contributed by atoms with Crippen LogP contribution in [-0.2, 0) is 14.4 Å². The lowest BCUT2D eigenvalue weighted by Crippen LogP contribution is -2.48. The summed E-state index contributed by atoms with van der Waals surface area (Å²) < 4.78 is 0. The molecule has 1 aliphatic rings. The Kier molecular flexibility index (Phi) is 5.17. The second-order valence-electron chi connectivity index (χ2n) is 3.79. The third-order valence-electron chi connectivity index (χ3n) is 2.72. The van der Waals surface area contributed by atoms with Crippen LogP contribution >= 0.6 is 0 Å². The monoisotopic (exact) mass is 230 g/mol. The fraction of sp³-hybridized carbons (Fsp3) is 0.778. The van der Waals surface area contributed by atoms with Gasteiger partial charge in [-0.1, -0.05) is 12.0 Å². The molecule has 1 amide bonds. The molecule has 0 aromatic carbocycles. The SMILES string of the molecule is NNOC(=O)CCN1CCCCC1C(N)=O. The molecule has 92 valence electrons. The maximum atomic E-state index is 11.2. The summed E-state index contributed by atoms with van der Waals surface area (Å²) in [5.41, 5.74) is 7.12. The molecule has 1 fully saturated rings. The van der Waals surface area contributed by atoms with Crippen molar-refractivity contribution < 1.29 is 14.4 Å². The molecule has 7 nitrogen and oxygen atoms in total. The van der Waals surface area contributed by atoms with Gasteiger partial charge in [0, 0.05) is 6.54 Å².